The minimum Gasteiger partial charge on any atom is -0.0776 e. The van der Waals surface area contributed by atoms with Crippen LogP contribution in [0, 0.1) is 139 Å². The molecule has 0 aromatic carbocycles. The molecule has 22 saturated carbocycles. The first-order chi connectivity index (χ1) is 38.8. The van der Waals surface area contributed by atoms with E-state index in [0.717, 1.165) is 128 Å². The van der Waals surface area contributed by atoms with Gasteiger partial charge in [0.25, 0.3) is 0 Å². The van der Waals surface area contributed by atoms with E-state index in [2.05, 4.69) is 90.0 Å². The molecular formula is C83H150. The highest BCUT2D eigenvalue weighted by molar-refractivity contribution is 5.01. The van der Waals surface area contributed by atoms with Gasteiger partial charge in [-0.15, -0.1) is 0 Å². The van der Waals surface area contributed by atoms with Crippen LogP contribution < -0.4 is 0 Å². The van der Waals surface area contributed by atoms with Gasteiger partial charge in [-0.3, -0.25) is 0 Å². The van der Waals surface area contributed by atoms with Crippen molar-refractivity contribution >= 4 is 0 Å². The molecule has 0 radical (unpaired) electrons. The molecule has 0 aromatic rings. The second-order valence-corrected chi connectivity index (χ2v) is 39.4. The summed E-state index contributed by atoms with van der Waals surface area (Å²) in [6, 6.07) is 0. The Kier molecular flexibility index (Phi) is 22.9. The summed E-state index contributed by atoms with van der Waals surface area (Å²) in [4.78, 5) is 0. The van der Waals surface area contributed by atoms with Crippen molar-refractivity contribution in [3.05, 3.63) is 0 Å². The molecule has 482 valence electrons. The van der Waals surface area contributed by atoms with E-state index in [1.807, 2.05) is 0 Å². The standard InChI is InChI=1S/C13H24.2C11H18.2C9H16.2C8H14.C8H16.C5H10.CH4/c1-13(10-6-3-7-11-13)12-8-4-2-5-9-12;1-11-5-8-2-9(6-11)4-10(3-8)7-11;1-7-10-3-8-2-9(5-10)6-11(7)4-8;1-9-5-2-8(3-6-9)4-7-9;1-7-6-8-2-4-9(7)5-3-8;1-8-4-2-7(6-8)3-5-8;1-6-4-7-2-3-8(6)5-7;1-7(2,3)8(4)5-6-8;1-5(2)3-4-5;/h12H,2-11H2,1H3;8-10H,2-7H2,1H3;7-11H,2-6H2,1H3;8H,2-7H2,1H3;7-9H,2-6H2,1H3;7H,2-6H2,1H3;6-8H,2-5H2,1H3;5-6H2,1-4H3;3-4H2,1-2H3;1H4/t;;;;7-,8?,9?;;6-,7?,8?;;;/m....0.0.../s1. The first kappa shape index (κ1) is 67.4. The van der Waals surface area contributed by atoms with Gasteiger partial charge in [0.2, 0.25) is 0 Å². The maximum Gasteiger partial charge on any atom is -0.0277 e. The van der Waals surface area contributed by atoms with Gasteiger partial charge in [0.1, 0.15) is 0 Å². The average Bonchev–Trinajstić information content (AvgIpc) is 3.66. The Morgan fingerprint density at radius 1 is 0.289 bits per heavy atom. The van der Waals surface area contributed by atoms with Crippen LogP contribution in [0.1, 0.15) is 386 Å². The van der Waals surface area contributed by atoms with Crippen molar-refractivity contribution in [2.45, 2.75) is 386 Å². The number of rotatable bonds is 1. The number of fused-ring (bicyclic) bond motifs is 10. The molecule has 0 amide bonds. The summed E-state index contributed by atoms with van der Waals surface area (Å²) in [6.07, 6.45) is 69.2. The lowest BCUT2D eigenvalue weighted by atomic mass is 9.50. The molecule has 0 N–H and O–H groups in total. The van der Waals surface area contributed by atoms with E-state index in [1.54, 1.807) is 135 Å². The summed E-state index contributed by atoms with van der Waals surface area (Å²) in [6.45, 7) is 31.4. The average molecular weight is 1150 g/mol. The van der Waals surface area contributed by atoms with Crippen LogP contribution in [0.25, 0.3) is 0 Å². The maximum atomic E-state index is 2.57. The smallest absolute Gasteiger partial charge is 0.0277 e. The summed E-state index contributed by atoms with van der Waals surface area (Å²) in [5, 5.41) is 0. The summed E-state index contributed by atoms with van der Waals surface area (Å²) >= 11 is 0. The molecule has 0 heteroatoms. The van der Waals surface area contributed by atoms with Crippen molar-refractivity contribution in [3.63, 3.8) is 0 Å². The monoisotopic (exact) mass is 1150 g/mol. The largest absolute Gasteiger partial charge is 0.0776 e. The van der Waals surface area contributed by atoms with Crippen LogP contribution in [0.4, 0.5) is 0 Å². The minimum absolute atomic E-state index is 0. The Balaban J connectivity index is 0.000000113. The lowest BCUT2D eigenvalue weighted by molar-refractivity contribution is -0.0411. The quantitative estimate of drug-likeness (QED) is 0.245. The number of hydrogen-bond acceptors (Lipinski definition) is 0. The van der Waals surface area contributed by atoms with Gasteiger partial charge in [-0.1, -0.05) is 155 Å². The van der Waals surface area contributed by atoms with E-state index >= 15 is 0 Å². The van der Waals surface area contributed by atoms with Crippen molar-refractivity contribution in [2.24, 2.45) is 139 Å². The second kappa shape index (κ2) is 28.3. The molecule has 83 heavy (non-hydrogen) atoms. The normalized spacial score (nSPS) is 45.9. The van der Waals surface area contributed by atoms with Crippen LogP contribution in [-0.4, -0.2) is 0 Å². The molecule has 4 atom stereocenters. The van der Waals surface area contributed by atoms with Crippen molar-refractivity contribution in [1.29, 1.82) is 0 Å². The molecule has 22 aliphatic rings. The molecule has 22 aliphatic carbocycles. The van der Waals surface area contributed by atoms with Crippen LogP contribution in [0.2, 0.25) is 0 Å². The van der Waals surface area contributed by atoms with Crippen molar-refractivity contribution < 1.29 is 0 Å². The topological polar surface area (TPSA) is 0 Å². The molecule has 16 bridgehead atoms. The van der Waals surface area contributed by atoms with E-state index in [9.17, 15) is 0 Å². The fraction of sp³-hybridized carbons (Fsp3) is 1.00. The fourth-order valence-electron chi connectivity index (χ4n) is 23.7. The van der Waals surface area contributed by atoms with Crippen LogP contribution in [-0.2, 0) is 0 Å². The summed E-state index contributed by atoms with van der Waals surface area (Å²) in [7, 11) is 0. The Morgan fingerprint density at radius 3 is 0.964 bits per heavy atom. The van der Waals surface area contributed by atoms with Crippen LogP contribution in [0.15, 0.2) is 0 Å². The predicted octanol–water partition coefficient (Wildman–Crippen LogP) is 27.0. The first-order valence-electron chi connectivity index (χ1n) is 38.8. The Hall–Kier alpha value is 0. The molecular weight excluding hydrogens is 997 g/mol. The van der Waals surface area contributed by atoms with E-state index in [0.29, 0.717) is 10.8 Å². The van der Waals surface area contributed by atoms with E-state index < -0.39 is 0 Å². The fourth-order valence-corrected chi connectivity index (χ4v) is 23.7. The highest BCUT2D eigenvalue weighted by Gasteiger charge is 2.50. The van der Waals surface area contributed by atoms with Crippen LogP contribution in [0.3, 0.4) is 0 Å². The molecule has 0 nitrogen and oxygen atoms in total. The highest BCUT2D eigenvalue weighted by atomic mass is 14.6. The third kappa shape index (κ3) is 18.6. The third-order valence-electron chi connectivity index (χ3n) is 30.7. The minimum atomic E-state index is 0. The molecule has 22 rings (SSSR count). The zero-order chi connectivity index (χ0) is 58.1. The van der Waals surface area contributed by atoms with Crippen molar-refractivity contribution in [3.8, 4) is 0 Å². The first-order valence-corrected chi connectivity index (χ1v) is 38.8. The molecule has 0 aliphatic heterocycles. The molecule has 0 saturated heterocycles. The summed E-state index contributed by atoms with van der Waals surface area (Å²) < 4.78 is 0. The highest BCUT2D eigenvalue weighted by Crippen LogP contribution is 2.61. The van der Waals surface area contributed by atoms with Gasteiger partial charge in [0.05, 0.1) is 0 Å². The molecule has 0 heterocycles. The summed E-state index contributed by atoms with van der Waals surface area (Å²) in [5.41, 5.74) is 5.13. The van der Waals surface area contributed by atoms with Gasteiger partial charge in [0.15, 0.2) is 0 Å². The van der Waals surface area contributed by atoms with Gasteiger partial charge in [-0.2, -0.15) is 0 Å². The van der Waals surface area contributed by atoms with Crippen molar-refractivity contribution in [1.82, 2.24) is 0 Å². The van der Waals surface area contributed by atoms with Gasteiger partial charge < -0.3 is 0 Å². The van der Waals surface area contributed by atoms with E-state index in [4.69, 9.17) is 0 Å². The van der Waals surface area contributed by atoms with E-state index in [1.165, 1.54) is 154 Å². The lowest BCUT2D eigenvalue weighted by Gasteiger charge is -2.55. The maximum absolute atomic E-state index is 2.57. The third-order valence-corrected chi connectivity index (χ3v) is 30.7. The van der Waals surface area contributed by atoms with Gasteiger partial charge >= 0.3 is 0 Å². The number of hydrogen-bond donors (Lipinski definition) is 0. The SMILES string of the molecule is C.CC(C)(C)C1(C)CC1.CC1(C)CC1.CC1(C2CCCCC2)CCCCC1.CC12CC3CC(CC(C3)C1)C2.CC12CCC(CC1)C2.CC12CCC(CC1)CC2.CC1C2CC3CC(C2)CC1C3.C[C@H]1CC2CCC1C2.C[C@H]1CC2CCC1CC2. The zero-order valence-electron chi connectivity index (χ0n) is 58.1. The molecule has 0 spiro atoms. The van der Waals surface area contributed by atoms with Crippen molar-refractivity contribution in [2.75, 3.05) is 0 Å². The molecule has 2 unspecified atom stereocenters. The molecule has 22 fully saturated rings. The van der Waals surface area contributed by atoms with Crippen LogP contribution in [0.5, 0.6) is 0 Å². The second-order valence-electron chi connectivity index (χ2n) is 39.4. The van der Waals surface area contributed by atoms with Gasteiger partial charge in [-0.25, -0.2) is 0 Å². The Bertz CT molecular complexity index is 1810. The lowest BCUT2D eigenvalue weighted by Crippen LogP contribution is -2.44. The zero-order valence-corrected chi connectivity index (χ0v) is 58.1. The Labute approximate surface area is 522 Å². The van der Waals surface area contributed by atoms with Gasteiger partial charge in [0, 0.05) is 0 Å². The summed E-state index contributed by atoms with van der Waals surface area (Å²) in [5.74, 6) is 19.2. The van der Waals surface area contributed by atoms with Crippen LogP contribution >= 0.6 is 0 Å². The molecule has 0 aromatic heterocycles. The van der Waals surface area contributed by atoms with E-state index in [-0.39, 0.29) is 7.43 Å². The predicted molar refractivity (Wildman–Crippen MR) is 365 cm³/mol. The van der Waals surface area contributed by atoms with Gasteiger partial charge in [-0.05, 0) is 370 Å². The Morgan fingerprint density at radius 2 is 0.687 bits per heavy atom.